The Kier molecular flexibility index (Phi) is 48.6. The number of unbranched alkanes of at least 4 members (excludes halogenated alkanes) is 7. The number of thiophene rings is 9. The number of benzene rings is 2. The first-order chi connectivity index (χ1) is 70.6. The summed E-state index contributed by atoms with van der Waals surface area (Å²) in [7, 11) is -4.39. The first-order valence-electron chi connectivity index (χ1n) is 56.9. The molecule has 5 aliphatic rings. The van der Waals surface area contributed by atoms with Gasteiger partial charge in [-0.15, -0.1) is 68.0 Å². The molecule has 0 bridgehead atoms. The van der Waals surface area contributed by atoms with Crippen LogP contribution in [0.15, 0.2) is 117 Å². The summed E-state index contributed by atoms with van der Waals surface area (Å²) in [6, 6.07) is 46.0. The van der Waals surface area contributed by atoms with E-state index in [4.69, 9.17) is 0 Å². The van der Waals surface area contributed by atoms with Crippen LogP contribution in [0.4, 0.5) is 0 Å². The van der Waals surface area contributed by atoms with Crippen molar-refractivity contribution in [2.75, 3.05) is 19.6 Å². The van der Waals surface area contributed by atoms with Crippen LogP contribution in [0, 0.1) is 41.4 Å². The normalized spacial score (nSPS) is 16.4. The molecule has 0 N–H and O–H groups in total. The zero-order valence-corrected chi connectivity index (χ0v) is 118. The van der Waals surface area contributed by atoms with E-state index in [9.17, 15) is 14.4 Å². The Bertz CT molecular complexity index is 6180. The summed E-state index contributed by atoms with van der Waals surface area (Å²) in [4.78, 5) is 135. The fourth-order valence-electron chi connectivity index (χ4n) is 22.9. The van der Waals surface area contributed by atoms with Gasteiger partial charge < -0.3 is 0 Å². The number of carbonyl (C=O) groups excluding carboxylic acids is 6. The predicted octanol–water partition coefficient (Wildman–Crippen LogP) is 38.0. The molecule has 0 fully saturated rings. The van der Waals surface area contributed by atoms with Crippen LogP contribution in [0.2, 0.25) is 83.5 Å². The first kappa shape index (κ1) is 128. The summed E-state index contributed by atoms with van der Waals surface area (Å²) in [6.07, 6.45) is 33.0. The van der Waals surface area contributed by atoms with Gasteiger partial charge in [0.05, 0.1) is 55.6 Å². The molecule has 0 saturated heterocycles. The van der Waals surface area contributed by atoms with E-state index in [1.165, 1.54) is 138 Å². The molecule has 6 amide bonds. The van der Waals surface area contributed by atoms with Crippen LogP contribution in [-0.2, 0) is 0 Å². The Morgan fingerprint density at radius 3 is 0.807 bits per heavy atom. The molecule has 14 heterocycles. The van der Waals surface area contributed by atoms with Gasteiger partial charge in [-0.1, -0.05) is 254 Å². The van der Waals surface area contributed by atoms with E-state index >= 15 is 14.4 Å². The number of halogens is 2. The van der Waals surface area contributed by atoms with E-state index in [0.29, 0.717) is 70.8 Å². The molecule has 11 aromatic rings. The standard InChI is InChI=1S/C68H82N2O4S5Si.C24H36S2Si.C14H17Br2NO2S.C4H2S.2CH4.12CH3.4Sn/c1-9-17-27-43(13-5)39-69-65(71)55-56(66(69)72)61(78-59(55)48-33-25-22-26-34-48)51-37-53-63(76-51)64-54(80(53,41-45(15-7)29-19-11-3)42-46(16-8)30-20-12-4)38-52(77-64)62-58-57(67(73)70(68(58)74)40-44(14-6)28-18-10-2)60(79-62)50-36-35-49(75-50)47-31-23-21-24-32-47;1-5-9-11-19(7-3)17-27(18-20(8-4)12-10-6-2)21-13-15-25-23(21)24-22(27)14-16-26-24;1-3-5-6-8(4-2)7-17-13(18)9-10(14(17)19)12(16)20-11(9)15;1-2-4-5-3-1;;;;;;;;;;;;;;;;;;/h21-26,31-38,43-46H,9-20,27-30,39-42H2,1-8H3;13-14,19-20H,5-12,17-18H2,1-4H3;8H,3-7H2,1-2H3;1-2H;2*1H4;12*1H3;;;;. The SMILES string of the molecule is C.C.CCCCC(CC)CN1C(=O)c2c(-c3ccccc3)sc(-c3cc4c(s3)-c3sc(-c5sc(-c6ccc(-c7ccccc7)s6)c6c5C(=O)N(CC(CC)CCCC)C6=O)cc3[Si]4(CC(CC)CCCC)CC(CC)CCCC)c2C1=O.CCCCC(CC)CN1C(=O)c2c(Br)sc(Br)c2C1=O.CCCCC(CC)C[Si]1(CC(CC)CCCC)c2c[c]([Sn]([CH3])([CH3])[CH3])sc2-c2s[c]([Sn]([CH3])([CH3])[CH3])cc21.[CH3][Sn]([CH3])([CH3])[c]1cc[c]([Sn]([CH3])([CH3])[CH3])s1. The average molecular weight is 2790 g/mol. The number of nitrogens with zero attached hydrogens (tertiary/aromatic N) is 3. The molecule has 150 heavy (non-hydrogen) atoms. The first-order valence-corrected chi connectivity index (χ1v) is 111. The van der Waals surface area contributed by atoms with E-state index in [1.807, 2.05) is 63.1 Å². The molecule has 820 valence electrons. The number of carbonyl (C=O) groups is 6. The number of hydrogen-bond donors (Lipinski definition) is 0. The van der Waals surface area contributed by atoms with Crippen LogP contribution >= 0.6 is 134 Å². The van der Waals surface area contributed by atoms with Gasteiger partial charge in [-0.3, -0.25) is 43.5 Å². The summed E-state index contributed by atoms with van der Waals surface area (Å²) in [6.45, 7) is 33.7. The second kappa shape index (κ2) is 57.1. The maximum atomic E-state index is 15.3. The van der Waals surface area contributed by atoms with Gasteiger partial charge in [-0.25, -0.2) is 0 Å². The minimum atomic E-state index is -2.63. The van der Waals surface area contributed by atoms with Crippen LogP contribution in [0.1, 0.15) is 354 Å². The molecular weight excluding hydrogens is 2610 g/mol. The third kappa shape index (κ3) is 28.8. The third-order valence-electron chi connectivity index (χ3n) is 32.4. The Hall–Kier alpha value is -2.25. The van der Waals surface area contributed by atoms with E-state index < -0.39 is 89.7 Å². The molecular formula is C124H181Br2N3O6S9Si2Sn4. The Morgan fingerprint density at radius 1 is 0.253 bits per heavy atom. The van der Waals surface area contributed by atoms with Gasteiger partial charge in [0.2, 0.25) is 0 Å². The predicted molar refractivity (Wildman–Crippen MR) is 694 cm³/mol. The molecule has 0 aliphatic carbocycles. The van der Waals surface area contributed by atoms with E-state index in [1.54, 1.807) is 59.4 Å². The second-order valence-electron chi connectivity index (χ2n) is 47.5. The summed E-state index contributed by atoms with van der Waals surface area (Å²) in [5.41, 5.74) is 5.50. The fourth-order valence-corrected chi connectivity index (χ4v) is 76.1. The second-order valence-corrected chi connectivity index (χ2v) is 129. The summed E-state index contributed by atoms with van der Waals surface area (Å²) >= 11 is 15.7. The van der Waals surface area contributed by atoms with Crippen LogP contribution < -0.4 is 32.3 Å². The van der Waals surface area contributed by atoms with Crippen molar-refractivity contribution in [2.24, 2.45) is 41.4 Å². The summed E-state index contributed by atoms with van der Waals surface area (Å²) in [5.74, 6) is 2.93. The van der Waals surface area contributed by atoms with Crippen LogP contribution in [0.25, 0.3) is 69.7 Å². The average Bonchev–Trinajstić information content (AvgIpc) is 1.53. The number of amides is 6. The quantitative estimate of drug-likeness (QED) is 0.0277. The summed E-state index contributed by atoms with van der Waals surface area (Å²) in [5, 5.41) is 6.87. The minimum absolute atomic E-state index is 0. The molecule has 7 unspecified atom stereocenters. The zero-order chi connectivity index (χ0) is 107. The summed E-state index contributed by atoms with van der Waals surface area (Å²) < 4.78 is 8.64. The Balaban J connectivity index is 0.000000247. The van der Waals surface area contributed by atoms with Gasteiger partial charge in [0, 0.05) is 53.8 Å². The van der Waals surface area contributed by atoms with Crippen LogP contribution in [0.5, 0.6) is 0 Å². The Morgan fingerprint density at radius 2 is 0.513 bits per heavy atom. The van der Waals surface area contributed by atoms with Crippen molar-refractivity contribution in [3.63, 3.8) is 0 Å². The van der Waals surface area contributed by atoms with Crippen molar-refractivity contribution in [1.29, 1.82) is 0 Å². The molecule has 16 rings (SSSR count). The van der Waals surface area contributed by atoms with Crippen LogP contribution in [-0.4, -0.2) is 159 Å². The monoisotopic (exact) mass is 2790 g/mol. The van der Waals surface area contributed by atoms with Gasteiger partial charge in [0.1, 0.15) is 8.07 Å². The van der Waals surface area contributed by atoms with Gasteiger partial charge >= 0.3 is 334 Å². The molecule has 26 heteroatoms. The molecule has 9 nitrogen and oxygen atoms in total. The van der Waals surface area contributed by atoms with Crippen molar-refractivity contribution >= 4 is 291 Å². The number of rotatable bonds is 51. The van der Waals surface area contributed by atoms with E-state index in [-0.39, 0.29) is 62.1 Å². The van der Waals surface area contributed by atoms with Crippen LogP contribution in [0.3, 0.4) is 0 Å². The number of fused-ring (bicyclic) bond motifs is 9. The van der Waals surface area contributed by atoms with Gasteiger partial charge in [0.15, 0.2) is 0 Å². The van der Waals surface area contributed by atoms with E-state index in [2.05, 4.69) is 307 Å². The molecule has 9 aromatic heterocycles. The van der Waals surface area contributed by atoms with Crippen molar-refractivity contribution in [3.8, 4) is 69.7 Å². The molecule has 7 atom stereocenters. The number of hydrogen-bond acceptors (Lipinski definition) is 15. The molecule has 0 radical (unpaired) electrons. The van der Waals surface area contributed by atoms with Crippen molar-refractivity contribution in [1.82, 2.24) is 14.7 Å². The van der Waals surface area contributed by atoms with Gasteiger partial charge in [-0.05, 0) is 139 Å². The molecule has 0 spiro atoms. The van der Waals surface area contributed by atoms with Gasteiger partial charge in [0.25, 0.3) is 35.4 Å². The molecule has 5 aliphatic heterocycles. The topological polar surface area (TPSA) is 112 Å². The fraction of sp³-hybridized carbons (Fsp3) is 0.565. The van der Waals surface area contributed by atoms with Crippen molar-refractivity contribution in [2.45, 2.75) is 375 Å². The molecule has 0 saturated carbocycles. The Labute approximate surface area is 978 Å². The van der Waals surface area contributed by atoms with Crippen molar-refractivity contribution < 1.29 is 28.8 Å². The molecule has 2 aromatic carbocycles. The maximum absolute atomic E-state index is 15.3. The van der Waals surface area contributed by atoms with E-state index in [0.717, 1.165) is 172 Å². The van der Waals surface area contributed by atoms with Gasteiger partial charge in [-0.2, -0.15) is 0 Å². The zero-order valence-electron chi connectivity index (χ0n) is 94.4. The van der Waals surface area contributed by atoms with Crippen molar-refractivity contribution in [3.05, 3.63) is 150 Å². The third-order valence-corrected chi connectivity index (χ3v) is 94.3. The number of imide groups is 3.